The molecule has 7 heterocycles. The molecule has 11 rings (SSSR count). The van der Waals surface area contributed by atoms with Crippen molar-refractivity contribution in [1.82, 2.24) is 9.80 Å². The smallest absolute Gasteiger partial charge is 0.261 e. The first kappa shape index (κ1) is 33.4. The van der Waals surface area contributed by atoms with Crippen LogP contribution in [0.4, 0.5) is 11.4 Å². The third-order valence-electron chi connectivity index (χ3n) is 15.3. The van der Waals surface area contributed by atoms with Crippen LogP contribution < -0.4 is 9.80 Å². The summed E-state index contributed by atoms with van der Waals surface area (Å²) < 4.78 is 33.3. The molecule has 10 nitrogen and oxygen atoms in total. The quantitative estimate of drug-likeness (QED) is 0.319. The molecule has 11 heteroatoms. The van der Waals surface area contributed by atoms with Gasteiger partial charge in [0.25, 0.3) is 10.1 Å². The monoisotopic (exact) mass is 726 g/mol. The highest BCUT2D eigenvalue weighted by Gasteiger charge is 2.74. The minimum Gasteiger partial charge on any atom is -0.506 e. The van der Waals surface area contributed by atoms with Gasteiger partial charge >= 0.3 is 0 Å². The standard InChI is InChI=1S/C40H46N4O3.CH4O3S/c1-4-23-19-41-15-13-39-28-9-6-7-11-30(28)44-36(39)27(25(23)17-32(39)41)21-47-38(44)34-26-18-33-40(14-16-42(33)20-24(26)5-2)29-10-8-12-31(46)35(29)43(22(3)45)37(34)40;1-5(2,3)4/h4-12,25-27,32-34,36-38,46H,13-21H2,1-3H3;1H3,(H,2,3,4)/b23-4-,24-5-;/t25-,26-,27-,32-,33-,34+,36-,37-,38-,39?,40?;/m0./s1. The van der Waals surface area contributed by atoms with Gasteiger partial charge in [-0.25, -0.2) is 0 Å². The molecule has 2 unspecified atom stereocenters. The van der Waals surface area contributed by atoms with Gasteiger partial charge in [0.15, 0.2) is 0 Å². The lowest BCUT2D eigenvalue weighted by atomic mass is 9.53. The van der Waals surface area contributed by atoms with Crippen molar-refractivity contribution in [2.45, 2.75) is 87.7 Å². The van der Waals surface area contributed by atoms with Crippen molar-refractivity contribution in [2.75, 3.05) is 48.8 Å². The first-order chi connectivity index (χ1) is 24.9. The summed E-state index contributed by atoms with van der Waals surface area (Å²) in [6, 6.07) is 16.6. The Kier molecular flexibility index (Phi) is 7.16. The summed E-state index contributed by atoms with van der Waals surface area (Å²) in [5, 5.41) is 11.5. The molecule has 276 valence electrons. The van der Waals surface area contributed by atoms with Gasteiger partial charge in [-0.2, -0.15) is 8.42 Å². The van der Waals surface area contributed by atoms with Gasteiger partial charge in [-0.3, -0.25) is 19.1 Å². The van der Waals surface area contributed by atoms with E-state index in [1.165, 1.54) is 29.7 Å². The summed E-state index contributed by atoms with van der Waals surface area (Å²) in [7, 11) is -3.67. The number of benzene rings is 2. The van der Waals surface area contributed by atoms with E-state index in [4.69, 9.17) is 9.29 Å². The number of piperidine rings is 2. The largest absolute Gasteiger partial charge is 0.506 e. The van der Waals surface area contributed by atoms with E-state index in [1.807, 2.05) is 6.07 Å². The molecule has 2 aromatic rings. The van der Waals surface area contributed by atoms with Crippen molar-refractivity contribution < 1.29 is 27.6 Å². The van der Waals surface area contributed by atoms with Gasteiger partial charge in [0.2, 0.25) is 5.91 Å². The van der Waals surface area contributed by atoms with Crippen LogP contribution in [0.1, 0.15) is 57.6 Å². The summed E-state index contributed by atoms with van der Waals surface area (Å²) in [6.07, 6.45) is 9.89. The molecule has 5 saturated heterocycles. The van der Waals surface area contributed by atoms with E-state index >= 15 is 0 Å². The molecule has 0 aromatic heterocycles. The maximum absolute atomic E-state index is 14.0. The normalized spacial score (nSPS) is 42.1. The van der Waals surface area contributed by atoms with E-state index in [0.717, 1.165) is 51.3 Å². The third kappa shape index (κ3) is 4.09. The van der Waals surface area contributed by atoms with Crippen molar-refractivity contribution in [3.05, 3.63) is 76.9 Å². The molecular weight excluding hydrogens is 677 g/mol. The number of anilines is 2. The number of aromatic hydroxyl groups is 1. The second-order valence-corrected chi connectivity index (χ2v) is 18.5. The second kappa shape index (κ2) is 11.2. The molecule has 1 amide bonds. The Morgan fingerprint density at radius 1 is 0.885 bits per heavy atom. The number of nitrogens with zero attached hydrogens (tertiary/aromatic N) is 4. The zero-order valence-electron chi connectivity index (χ0n) is 30.5. The summed E-state index contributed by atoms with van der Waals surface area (Å²) in [5.41, 5.74) is 7.87. The number of para-hydroxylation sites is 2. The minimum atomic E-state index is -3.67. The van der Waals surface area contributed by atoms with Crippen LogP contribution in [0.15, 0.2) is 65.8 Å². The van der Waals surface area contributed by atoms with Gasteiger partial charge < -0.3 is 19.6 Å². The number of ether oxygens (including phenoxy) is 1. The predicted octanol–water partition coefficient (Wildman–Crippen LogP) is 4.69. The van der Waals surface area contributed by atoms with Gasteiger partial charge in [0.05, 0.1) is 24.6 Å². The van der Waals surface area contributed by atoms with Crippen molar-refractivity contribution in [3.63, 3.8) is 0 Å². The minimum absolute atomic E-state index is 0.0309. The van der Waals surface area contributed by atoms with E-state index in [2.05, 4.69) is 75.9 Å². The van der Waals surface area contributed by atoms with E-state index in [0.29, 0.717) is 42.1 Å². The van der Waals surface area contributed by atoms with E-state index in [-0.39, 0.29) is 40.7 Å². The average molecular weight is 727 g/mol. The van der Waals surface area contributed by atoms with E-state index in [9.17, 15) is 18.3 Å². The summed E-state index contributed by atoms with van der Waals surface area (Å²) in [6.45, 7) is 11.2. The number of carbonyl (C=O) groups is 1. The van der Waals surface area contributed by atoms with Gasteiger partial charge in [0.1, 0.15) is 12.0 Å². The topological polar surface area (TPSA) is 114 Å². The third-order valence-corrected chi connectivity index (χ3v) is 15.3. The Morgan fingerprint density at radius 3 is 2.13 bits per heavy atom. The number of phenolic OH excluding ortho intramolecular Hbond substituents is 1. The number of carbonyl (C=O) groups excluding carboxylic acids is 1. The molecule has 2 aromatic carbocycles. The summed E-state index contributed by atoms with van der Waals surface area (Å²) >= 11 is 0. The number of rotatable bonds is 1. The summed E-state index contributed by atoms with van der Waals surface area (Å²) in [5.74, 6) is 1.68. The Bertz CT molecular complexity index is 2040. The Labute approximate surface area is 306 Å². The lowest BCUT2D eigenvalue weighted by Crippen LogP contribution is -2.73. The van der Waals surface area contributed by atoms with Crippen molar-refractivity contribution in [2.24, 2.45) is 23.7 Å². The molecule has 2 spiro atoms. The molecule has 52 heavy (non-hydrogen) atoms. The van der Waals surface area contributed by atoms with Crippen LogP contribution in [0.3, 0.4) is 0 Å². The SMILES string of the molecule is C/C=C1/CN2CCC34c5ccccc5N5[C@H]3[C@@H](CO[C@H]5[C@H]3[C@@H]5N(C(C)=O)c6c(O)cccc6C56CCN5C/C(=C/C)[C@@H]3C[C@H]56)[C@H]1C[C@H]24.CS(=O)(=O)O. The van der Waals surface area contributed by atoms with Crippen molar-refractivity contribution >= 4 is 27.4 Å². The van der Waals surface area contributed by atoms with Crippen LogP contribution >= 0.6 is 0 Å². The zero-order chi connectivity index (χ0) is 36.1. The molecule has 7 fully saturated rings. The molecule has 2 saturated carbocycles. The Morgan fingerprint density at radius 2 is 1.48 bits per heavy atom. The molecular formula is C41H50N4O6S. The highest BCUT2D eigenvalue weighted by Crippen LogP contribution is 2.69. The number of hydrogen-bond donors (Lipinski definition) is 2. The fourth-order valence-corrected chi connectivity index (χ4v) is 14.0. The maximum Gasteiger partial charge on any atom is 0.261 e. The van der Waals surface area contributed by atoms with Crippen LogP contribution in [0, 0.1) is 23.7 Å². The molecule has 9 aliphatic rings. The predicted molar refractivity (Wildman–Crippen MR) is 199 cm³/mol. The molecule has 2 aliphatic carbocycles. The van der Waals surface area contributed by atoms with Crippen LogP contribution in [0.25, 0.3) is 0 Å². The number of hydrogen-bond acceptors (Lipinski definition) is 8. The van der Waals surface area contributed by atoms with E-state index < -0.39 is 10.1 Å². The molecule has 2 N–H and O–H groups in total. The average Bonchev–Trinajstić information content (AvgIpc) is 3.87. The van der Waals surface area contributed by atoms with Crippen molar-refractivity contribution in [1.29, 1.82) is 0 Å². The molecule has 11 atom stereocenters. The van der Waals surface area contributed by atoms with Gasteiger partial charge in [-0.05, 0) is 87.7 Å². The Balaban J connectivity index is 0.000000637. The zero-order valence-corrected chi connectivity index (χ0v) is 31.3. The number of fused-ring (bicyclic) bond motifs is 6. The van der Waals surface area contributed by atoms with Crippen LogP contribution in [0.2, 0.25) is 0 Å². The molecule has 0 radical (unpaired) electrons. The molecule has 4 bridgehead atoms. The lowest BCUT2D eigenvalue weighted by molar-refractivity contribution is -0.129. The number of phenols is 1. The maximum atomic E-state index is 14.0. The Hall–Kier alpha value is -3.22. The van der Waals surface area contributed by atoms with Gasteiger partial charge in [-0.15, -0.1) is 0 Å². The van der Waals surface area contributed by atoms with Crippen molar-refractivity contribution in [3.8, 4) is 5.75 Å². The van der Waals surface area contributed by atoms with Gasteiger partial charge in [-0.1, -0.05) is 53.6 Å². The fraction of sp³-hybridized carbons (Fsp3) is 0.585. The molecule has 7 aliphatic heterocycles. The number of allylic oxidation sites excluding steroid dienone is 2. The first-order valence-electron chi connectivity index (χ1n) is 19.3. The van der Waals surface area contributed by atoms with Crippen LogP contribution in [-0.2, 0) is 30.5 Å². The van der Waals surface area contributed by atoms with Gasteiger partial charge in [0, 0.05) is 66.5 Å². The first-order valence-corrected chi connectivity index (χ1v) is 21.1. The number of amides is 1. The highest BCUT2D eigenvalue weighted by atomic mass is 32.2. The van der Waals surface area contributed by atoms with E-state index in [1.54, 1.807) is 24.1 Å². The highest BCUT2D eigenvalue weighted by molar-refractivity contribution is 7.85. The second-order valence-electron chi connectivity index (χ2n) is 17.0. The van der Waals surface area contributed by atoms with Crippen LogP contribution in [0.5, 0.6) is 5.75 Å². The fourth-order valence-electron chi connectivity index (χ4n) is 14.0. The summed E-state index contributed by atoms with van der Waals surface area (Å²) in [4.78, 5) is 24.4. The lowest BCUT2D eigenvalue weighted by Gasteiger charge is -2.63. The van der Waals surface area contributed by atoms with Crippen LogP contribution in [-0.4, -0.2) is 103 Å².